The van der Waals surface area contributed by atoms with Crippen LogP contribution in [0.3, 0.4) is 0 Å². The third-order valence-corrected chi connectivity index (χ3v) is 5.95. The highest BCUT2D eigenvalue weighted by atomic mass is 35.5. The SMILES string of the molecule is C=CC(=O)N1CCN2C(=O)c3cc(Cl)c(-c4c(O)cccc4F)c(Cl)c3OC[C@H]2C1. The standard InChI is InChI=1S/C21H17Cl2FN2O4/c1-2-16(28)25-6-7-26-11(9-25)10-30-20-12(21(26)29)8-13(22)17(19(20)23)18-14(24)4-3-5-15(18)27/h2-5,8,11,27H,1,6-7,9-10H2/t11-/m1/s1. The van der Waals surface area contributed by atoms with E-state index in [1.165, 1.54) is 30.3 Å². The summed E-state index contributed by atoms with van der Waals surface area (Å²) in [5.41, 5.74) is 0.0236. The molecule has 2 heterocycles. The van der Waals surface area contributed by atoms with Gasteiger partial charge < -0.3 is 19.6 Å². The molecule has 0 aliphatic carbocycles. The van der Waals surface area contributed by atoms with E-state index in [1.807, 2.05) is 0 Å². The number of nitrogens with zero attached hydrogens (tertiary/aromatic N) is 2. The minimum absolute atomic E-state index is 0.00928. The fourth-order valence-corrected chi connectivity index (χ4v) is 4.52. The van der Waals surface area contributed by atoms with E-state index in [1.54, 1.807) is 9.80 Å². The zero-order chi connectivity index (χ0) is 21.6. The molecule has 156 valence electrons. The van der Waals surface area contributed by atoms with Crippen molar-refractivity contribution in [2.75, 3.05) is 26.2 Å². The van der Waals surface area contributed by atoms with E-state index in [2.05, 4.69) is 6.58 Å². The molecule has 0 spiro atoms. The van der Waals surface area contributed by atoms with Crippen molar-refractivity contribution in [1.82, 2.24) is 9.80 Å². The summed E-state index contributed by atoms with van der Waals surface area (Å²) in [5.74, 6) is -1.54. The van der Waals surface area contributed by atoms with Crippen molar-refractivity contribution in [3.05, 3.63) is 58.3 Å². The van der Waals surface area contributed by atoms with Gasteiger partial charge in [-0.3, -0.25) is 9.59 Å². The fourth-order valence-electron chi connectivity index (χ4n) is 3.82. The van der Waals surface area contributed by atoms with Gasteiger partial charge in [0.15, 0.2) is 5.75 Å². The summed E-state index contributed by atoms with van der Waals surface area (Å²) in [4.78, 5) is 28.4. The molecular weight excluding hydrogens is 434 g/mol. The molecule has 2 aromatic carbocycles. The summed E-state index contributed by atoms with van der Waals surface area (Å²) in [6.45, 7) is 4.55. The maximum Gasteiger partial charge on any atom is 0.258 e. The molecule has 9 heteroatoms. The Bertz CT molecular complexity index is 1060. The Morgan fingerprint density at radius 1 is 1.30 bits per heavy atom. The van der Waals surface area contributed by atoms with Gasteiger partial charge in [0.2, 0.25) is 5.91 Å². The highest BCUT2D eigenvalue weighted by Gasteiger charge is 2.38. The normalized spacial score (nSPS) is 18.2. The van der Waals surface area contributed by atoms with E-state index >= 15 is 0 Å². The van der Waals surface area contributed by atoms with E-state index in [0.29, 0.717) is 13.1 Å². The summed E-state index contributed by atoms with van der Waals surface area (Å²) in [6, 6.07) is 4.82. The fraction of sp³-hybridized carbons (Fsp3) is 0.238. The van der Waals surface area contributed by atoms with Crippen LogP contribution in [0.15, 0.2) is 36.9 Å². The van der Waals surface area contributed by atoms with Crippen molar-refractivity contribution < 1.29 is 23.8 Å². The Balaban J connectivity index is 1.78. The maximum absolute atomic E-state index is 14.4. The average molecular weight is 451 g/mol. The number of halogens is 3. The lowest BCUT2D eigenvalue weighted by Crippen LogP contribution is -2.57. The minimum atomic E-state index is -0.713. The van der Waals surface area contributed by atoms with Crippen molar-refractivity contribution in [2.45, 2.75) is 6.04 Å². The van der Waals surface area contributed by atoms with E-state index in [-0.39, 0.29) is 69.2 Å². The first kappa shape index (κ1) is 20.5. The van der Waals surface area contributed by atoms with E-state index in [0.717, 1.165) is 0 Å². The van der Waals surface area contributed by atoms with E-state index in [9.17, 15) is 19.1 Å². The van der Waals surface area contributed by atoms with Crippen molar-refractivity contribution in [1.29, 1.82) is 0 Å². The number of carbonyl (C=O) groups is 2. The highest BCUT2D eigenvalue weighted by Crippen LogP contribution is 2.47. The number of rotatable bonds is 2. The first-order chi connectivity index (χ1) is 14.3. The van der Waals surface area contributed by atoms with Crippen LogP contribution >= 0.6 is 23.2 Å². The minimum Gasteiger partial charge on any atom is -0.507 e. The predicted octanol–water partition coefficient (Wildman–Crippen LogP) is 3.74. The molecule has 2 aliphatic rings. The predicted molar refractivity (Wildman–Crippen MR) is 111 cm³/mol. The third-order valence-electron chi connectivity index (χ3n) is 5.30. The van der Waals surface area contributed by atoms with Crippen LogP contribution in [0.1, 0.15) is 10.4 Å². The second-order valence-electron chi connectivity index (χ2n) is 7.01. The number of hydrogen-bond acceptors (Lipinski definition) is 4. The van der Waals surface area contributed by atoms with Crippen LogP contribution in [0.25, 0.3) is 11.1 Å². The molecule has 0 unspecified atom stereocenters. The zero-order valence-corrected chi connectivity index (χ0v) is 17.2. The topological polar surface area (TPSA) is 70.1 Å². The summed E-state index contributed by atoms with van der Waals surface area (Å²) in [6.07, 6.45) is 1.23. The number of phenolic OH excluding ortho intramolecular Hbond substituents is 1. The number of carbonyl (C=O) groups excluding carboxylic acids is 2. The molecule has 0 radical (unpaired) electrons. The number of benzene rings is 2. The van der Waals surface area contributed by atoms with Crippen LogP contribution < -0.4 is 4.74 Å². The molecule has 1 atom stereocenters. The lowest BCUT2D eigenvalue weighted by molar-refractivity contribution is -0.128. The third kappa shape index (κ3) is 3.28. The zero-order valence-electron chi connectivity index (χ0n) is 15.7. The number of amides is 2. The summed E-state index contributed by atoms with van der Waals surface area (Å²) in [5, 5.41) is 10.1. The summed E-state index contributed by atoms with van der Waals surface area (Å²) < 4.78 is 20.3. The average Bonchev–Trinajstić information content (AvgIpc) is 2.86. The van der Waals surface area contributed by atoms with Crippen LogP contribution in [0.5, 0.6) is 11.5 Å². The van der Waals surface area contributed by atoms with Gasteiger partial charge in [-0.2, -0.15) is 0 Å². The van der Waals surface area contributed by atoms with Crippen molar-refractivity contribution in [3.8, 4) is 22.6 Å². The Kier molecular flexibility index (Phi) is 5.34. The molecule has 0 aromatic heterocycles. The van der Waals surface area contributed by atoms with Crippen LogP contribution in [-0.4, -0.2) is 59.0 Å². The van der Waals surface area contributed by atoms with Crippen LogP contribution in [0, 0.1) is 5.82 Å². The van der Waals surface area contributed by atoms with Gasteiger partial charge >= 0.3 is 0 Å². The molecular formula is C21H17Cl2FN2O4. The molecule has 2 amide bonds. The summed E-state index contributed by atoms with van der Waals surface area (Å²) >= 11 is 12.9. The molecule has 2 aromatic rings. The Hall–Kier alpha value is -2.77. The van der Waals surface area contributed by atoms with Gasteiger partial charge in [0.1, 0.15) is 18.2 Å². The lowest BCUT2D eigenvalue weighted by atomic mass is 10.00. The first-order valence-corrected chi connectivity index (χ1v) is 9.94. The molecule has 0 bridgehead atoms. The number of ether oxygens (including phenoxy) is 1. The van der Waals surface area contributed by atoms with E-state index in [4.69, 9.17) is 27.9 Å². The Morgan fingerprint density at radius 2 is 2.07 bits per heavy atom. The Morgan fingerprint density at radius 3 is 2.77 bits per heavy atom. The lowest BCUT2D eigenvalue weighted by Gasteiger charge is -2.39. The van der Waals surface area contributed by atoms with Gasteiger partial charge in [-0.15, -0.1) is 0 Å². The van der Waals surface area contributed by atoms with Crippen LogP contribution in [0.4, 0.5) is 4.39 Å². The molecule has 1 fully saturated rings. The smallest absolute Gasteiger partial charge is 0.258 e. The number of fused-ring (bicyclic) bond motifs is 2. The van der Waals surface area contributed by atoms with Crippen LogP contribution in [0.2, 0.25) is 10.0 Å². The molecule has 0 saturated carbocycles. The first-order valence-electron chi connectivity index (χ1n) is 9.18. The van der Waals surface area contributed by atoms with Gasteiger partial charge in [0, 0.05) is 25.2 Å². The second-order valence-corrected chi connectivity index (χ2v) is 7.79. The quantitative estimate of drug-likeness (QED) is 0.707. The van der Waals surface area contributed by atoms with Gasteiger partial charge in [-0.25, -0.2) is 4.39 Å². The molecule has 1 saturated heterocycles. The van der Waals surface area contributed by atoms with Crippen molar-refractivity contribution in [2.24, 2.45) is 0 Å². The number of phenols is 1. The van der Waals surface area contributed by atoms with Gasteiger partial charge in [0.25, 0.3) is 5.91 Å². The van der Waals surface area contributed by atoms with Gasteiger partial charge in [-0.1, -0.05) is 35.8 Å². The molecule has 6 nitrogen and oxygen atoms in total. The monoisotopic (exact) mass is 450 g/mol. The van der Waals surface area contributed by atoms with Gasteiger partial charge in [-0.05, 0) is 24.3 Å². The molecule has 2 aliphatic heterocycles. The Labute approximate surface area is 182 Å². The number of hydrogen-bond donors (Lipinski definition) is 1. The maximum atomic E-state index is 14.4. The molecule has 30 heavy (non-hydrogen) atoms. The van der Waals surface area contributed by atoms with Gasteiger partial charge in [0.05, 0.1) is 27.2 Å². The largest absolute Gasteiger partial charge is 0.507 e. The second kappa shape index (κ2) is 7.81. The molecule has 1 N–H and O–H groups in total. The van der Waals surface area contributed by atoms with Crippen molar-refractivity contribution in [3.63, 3.8) is 0 Å². The van der Waals surface area contributed by atoms with Crippen molar-refractivity contribution >= 4 is 35.0 Å². The van der Waals surface area contributed by atoms with E-state index < -0.39 is 5.82 Å². The summed E-state index contributed by atoms with van der Waals surface area (Å²) in [7, 11) is 0. The van der Waals surface area contributed by atoms with Crippen LogP contribution in [-0.2, 0) is 4.79 Å². The number of piperazine rings is 1. The molecule has 4 rings (SSSR count). The highest BCUT2D eigenvalue weighted by molar-refractivity contribution is 6.41. The number of aromatic hydroxyl groups is 1.